The van der Waals surface area contributed by atoms with Crippen LogP contribution in [0.3, 0.4) is 0 Å². The standard InChI is InChI=1S/C48H30N4/c1-3-9-33-23-39(15-13-31(33)7-1)46-30-47(52-48(51-46)40-16-14-32-8-2-4-10-34(32)26-40)43-28-41(35-17-19-44-37(24-35)11-5-21-49-44)27-42(29-43)36-18-20-45-38(25-36)12-6-22-50-45/h1-30H. The Hall–Kier alpha value is -7.04. The molecule has 7 aromatic carbocycles. The second-order valence-electron chi connectivity index (χ2n) is 13.2. The molecule has 0 atom stereocenters. The number of benzene rings is 7. The summed E-state index contributed by atoms with van der Waals surface area (Å²) < 4.78 is 0. The smallest absolute Gasteiger partial charge is 0.160 e. The molecule has 0 fully saturated rings. The van der Waals surface area contributed by atoms with Crippen LogP contribution in [0.5, 0.6) is 0 Å². The van der Waals surface area contributed by atoms with Crippen LogP contribution in [0.15, 0.2) is 182 Å². The van der Waals surface area contributed by atoms with Gasteiger partial charge < -0.3 is 0 Å². The van der Waals surface area contributed by atoms with Gasteiger partial charge in [-0.1, -0.05) is 97.1 Å². The highest BCUT2D eigenvalue weighted by atomic mass is 14.9. The van der Waals surface area contributed by atoms with Gasteiger partial charge in [-0.2, -0.15) is 0 Å². The lowest BCUT2D eigenvalue weighted by atomic mass is 9.93. The summed E-state index contributed by atoms with van der Waals surface area (Å²) in [6.45, 7) is 0. The number of hydrogen-bond donors (Lipinski definition) is 0. The van der Waals surface area contributed by atoms with Crippen LogP contribution in [0.1, 0.15) is 0 Å². The summed E-state index contributed by atoms with van der Waals surface area (Å²) in [4.78, 5) is 19.7. The SMILES string of the molecule is c1ccc2cc(-c3cc(-c4cc(-c5ccc6ncccc6c5)cc(-c5ccc6ncccc6c5)c4)nc(-c4ccc5ccccc5c4)n3)ccc2c1. The van der Waals surface area contributed by atoms with Crippen molar-refractivity contribution in [1.82, 2.24) is 19.9 Å². The van der Waals surface area contributed by atoms with Crippen LogP contribution in [0.25, 0.3) is 99.5 Å². The molecule has 0 saturated carbocycles. The Balaban J connectivity index is 1.21. The summed E-state index contributed by atoms with van der Waals surface area (Å²) in [5.74, 6) is 0.687. The number of hydrogen-bond acceptors (Lipinski definition) is 4. The van der Waals surface area contributed by atoms with Gasteiger partial charge in [-0.25, -0.2) is 9.97 Å². The zero-order chi connectivity index (χ0) is 34.4. The molecule has 0 N–H and O–H groups in total. The maximum Gasteiger partial charge on any atom is 0.160 e. The maximum absolute atomic E-state index is 5.31. The zero-order valence-electron chi connectivity index (χ0n) is 28.1. The number of pyridine rings is 2. The highest BCUT2D eigenvalue weighted by molar-refractivity contribution is 5.92. The average molecular weight is 663 g/mol. The Kier molecular flexibility index (Phi) is 7.10. The molecule has 0 unspecified atom stereocenters. The molecule has 10 aromatic rings. The lowest BCUT2D eigenvalue weighted by Gasteiger charge is -2.14. The van der Waals surface area contributed by atoms with Gasteiger partial charge in [0.15, 0.2) is 5.82 Å². The van der Waals surface area contributed by atoms with Crippen molar-refractivity contribution in [3.63, 3.8) is 0 Å². The predicted octanol–water partition coefficient (Wildman–Crippen LogP) is 12.2. The summed E-state index contributed by atoms with van der Waals surface area (Å²) >= 11 is 0. The number of aromatic nitrogens is 4. The molecule has 0 aliphatic rings. The van der Waals surface area contributed by atoms with Gasteiger partial charge in [-0.15, -0.1) is 0 Å². The monoisotopic (exact) mass is 662 g/mol. The molecule has 0 bridgehead atoms. The molecule has 0 amide bonds. The van der Waals surface area contributed by atoms with E-state index >= 15 is 0 Å². The van der Waals surface area contributed by atoms with E-state index in [0.29, 0.717) is 5.82 Å². The maximum atomic E-state index is 5.31. The van der Waals surface area contributed by atoms with Crippen LogP contribution < -0.4 is 0 Å². The minimum Gasteiger partial charge on any atom is -0.256 e. The second kappa shape index (κ2) is 12.4. The first-order chi connectivity index (χ1) is 25.7. The van der Waals surface area contributed by atoms with Crippen LogP contribution in [-0.2, 0) is 0 Å². The number of fused-ring (bicyclic) bond motifs is 4. The fourth-order valence-electron chi connectivity index (χ4n) is 7.17. The molecule has 4 nitrogen and oxygen atoms in total. The van der Waals surface area contributed by atoms with Crippen molar-refractivity contribution in [2.45, 2.75) is 0 Å². The quantitative estimate of drug-likeness (QED) is 0.184. The van der Waals surface area contributed by atoms with E-state index in [1.165, 1.54) is 16.2 Å². The summed E-state index contributed by atoms with van der Waals surface area (Å²) in [5.41, 5.74) is 11.1. The van der Waals surface area contributed by atoms with Gasteiger partial charge in [-0.05, 0) is 117 Å². The number of rotatable bonds is 5. The van der Waals surface area contributed by atoms with Gasteiger partial charge in [0.1, 0.15) is 0 Å². The fourth-order valence-corrected chi connectivity index (χ4v) is 7.17. The first-order valence-electron chi connectivity index (χ1n) is 17.4. The van der Waals surface area contributed by atoms with E-state index in [2.05, 4.69) is 168 Å². The van der Waals surface area contributed by atoms with E-state index in [0.717, 1.165) is 77.5 Å². The largest absolute Gasteiger partial charge is 0.256 e. The van der Waals surface area contributed by atoms with Crippen molar-refractivity contribution >= 4 is 43.4 Å². The van der Waals surface area contributed by atoms with E-state index in [9.17, 15) is 0 Å². The fraction of sp³-hybridized carbons (Fsp3) is 0. The minimum absolute atomic E-state index is 0.687. The summed E-state index contributed by atoms with van der Waals surface area (Å²) in [5, 5.41) is 6.91. The van der Waals surface area contributed by atoms with Gasteiger partial charge in [0, 0.05) is 39.9 Å². The molecule has 242 valence electrons. The van der Waals surface area contributed by atoms with Gasteiger partial charge in [0.2, 0.25) is 0 Å². The third-order valence-electron chi connectivity index (χ3n) is 9.88. The summed E-state index contributed by atoms with van der Waals surface area (Å²) in [6.07, 6.45) is 3.68. The molecule has 0 aliphatic carbocycles. The van der Waals surface area contributed by atoms with E-state index in [4.69, 9.17) is 9.97 Å². The molecule has 0 radical (unpaired) electrons. The molecule has 0 spiro atoms. The third kappa shape index (κ3) is 5.53. The first-order valence-corrected chi connectivity index (χ1v) is 17.4. The van der Waals surface area contributed by atoms with Crippen LogP contribution in [0.2, 0.25) is 0 Å². The number of nitrogens with zero attached hydrogens (tertiary/aromatic N) is 4. The van der Waals surface area contributed by atoms with Crippen LogP contribution in [0, 0.1) is 0 Å². The van der Waals surface area contributed by atoms with Crippen LogP contribution >= 0.6 is 0 Å². The molecule has 4 heteroatoms. The van der Waals surface area contributed by atoms with Crippen molar-refractivity contribution in [3.05, 3.63) is 182 Å². The lowest BCUT2D eigenvalue weighted by molar-refractivity contribution is 1.18. The van der Waals surface area contributed by atoms with Crippen LogP contribution in [-0.4, -0.2) is 19.9 Å². The van der Waals surface area contributed by atoms with E-state index in [1.807, 2.05) is 24.5 Å². The Bertz CT molecular complexity index is 2580. The predicted molar refractivity (Wildman–Crippen MR) is 215 cm³/mol. The highest BCUT2D eigenvalue weighted by Gasteiger charge is 2.15. The van der Waals surface area contributed by atoms with E-state index in [-0.39, 0.29) is 0 Å². The van der Waals surface area contributed by atoms with Crippen molar-refractivity contribution in [3.8, 4) is 56.2 Å². The molecule has 0 saturated heterocycles. The summed E-state index contributed by atoms with van der Waals surface area (Å²) in [7, 11) is 0. The summed E-state index contributed by atoms with van der Waals surface area (Å²) in [6, 6.07) is 59.9. The third-order valence-corrected chi connectivity index (χ3v) is 9.88. The Morgan fingerprint density at radius 1 is 0.269 bits per heavy atom. The molecular weight excluding hydrogens is 633 g/mol. The van der Waals surface area contributed by atoms with Gasteiger partial charge >= 0.3 is 0 Å². The van der Waals surface area contributed by atoms with Gasteiger partial charge in [-0.3, -0.25) is 9.97 Å². The Morgan fingerprint density at radius 3 is 1.31 bits per heavy atom. The Morgan fingerprint density at radius 2 is 0.712 bits per heavy atom. The van der Waals surface area contributed by atoms with Crippen molar-refractivity contribution < 1.29 is 0 Å². The lowest BCUT2D eigenvalue weighted by Crippen LogP contribution is -1.97. The van der Waals surface area contributed by atoms with E-state index in [1.54, 1.807) is 0 Å². The molecule has 10 rings (SSSR count). The molecule has 3 heterocycles. The van der Waals surface area contributed by atoms with Gasteiger partial charge in [0.05, 0.1) is 22.4 Å². The molecule has 0 aliphatic heterocycles. The Labute approximate surface area is 300 Å². The van der Waals surface area contributed by atoms with Crippen molar-refractivity contribution in [2.75, 3.05) is 0 Å². The zero-order valence-corrected chi connectivity index (χ0v) is 28.1. The first kappa shape index (κ1) is 29.8. The average Bonchev–Trinajstić information content (AvgIpc) is 3.22. The molecule has 3 aromatic heterocycles. The second-order valence-corrected chi connectivity index (χ2v) is 13.2. The van der Waals surface area contributed by atoms with Crippen molar-refractivity contribution in [2.24, 2.45) is 0 Å². The molecule has 52 heavy (non-hydrogen) atoms. The molecular formula is C48H30N4. The van der Waals surface area contributed by atoms with E-state index < -0.39 is 0 Å². The normalized spacial score (nSPS) is 11.5. The minimum atomic E-state index is 0.687. The highest BCUT2D eigenvalue weighted by Crippen LogP contribution is 2.37. The van der Waals surface area contributed by atoms with Gasteiger partial charge in [0.25, 0.3) is 0 Å². The van der Waals surface area contributed by atoms with Crippen molar-refractivity contribution in [1.29, 1.82) is 0 Å². The topological polar surface area (TPSA) is 51.6 Å². The van der Waals surface area contributed by atoms with Crippen LogP contribution in [0.4, 0.5) is 0 Å².